The number of rotatable bonds is 2. The summed E-state index contributed by atoms with van der Waals surface area (Å²) >= 11 is 6.23. The Labute approximate surface area is 144 Å². The first-order valence-electron chi connectivity index (χ1n) is 7.72. The standard InChI is InChI=1S/C18H17ClFNO3/c1-9-14(18(23)24-2)17(15-10(19)5-3-6-11(15)20)16-12(21-9)7-4-8-13(16)22/h3,5-6,17,21H,4,7-8H2,1-2H3/t17-/m0/s1. The van der Waals surface area contributed by atoms with Gasteiger partial charge in [0.2, 0.25) is 0 Å². The Balaban J connectivity index is 2.28. The Bertz CT molecular complexity index is 777. The van der Waals surface area contributed by atoms with Crippen molar-refractivity contribution in [3.05, 3.63) is 57.1 Å². The Morgan fingerprint density at radius 1 is 1.38 bits per heavy atom. The summed E-state index contributed by atoms with van der Waals surface area (Å²) in [5.41, 5.74) is 2.07. The number of Topliss-reactive ketones (excluding diaryl/α,β-unsaturated/α-hetero) is 1. The highest BCUT2D eigenvalue weighted by Gasteiger charge is 2.40. The highest BCUT2D eigenvalue weighted by Crippen LogP contribution is 2.45. The van der Waals surface area contributed by atoms with Gasteiger partial charge in [-0.25, -0.2) is 9.18 Å². The number of dihydropyridines is 1. The van der Waals surface area contributed by atoms with E-state index in [9.17, 15) is 14.0 Å². The highest BCUT2D eigenvalue weighted by molar-refractivity contribution is 6.31. The number of allylic oxidation sites excluding steroid dienone is 3. The van der Waals surface area contributed by atoms with Gasteiger partial charge in [-0.05, 0) is 31.9 Å². The van der Waals surface area contributed by atoms with E-state index >= 15 is 0 Å². The highest BCUT2D eigenvalue weighted by atomic mass is 35.5. The third kappa shape index (κ3) is 2.63. The summed E-state index contributed by atoms with van der Waals surface area (Å²) in [4.78, 5) is 24.9. The Morgan fingerprint density at radius 2 is 2.12 bits per heavy atom. The summed E-state index contributed by atoms with van der Waals surface area (Å²) in [5, 5.41) is 3.31. The van der Waals surface area contributed by atoms with Crippen molar-refractivity contribution in [3.8, 4) is 0 Å². The summed E-state index contributed by atoms with van der Waals surface area (Å²) in [6, 6.07) is 4.33. The minimum Gasteiger partial charge on any atom is -0.466 e. The van der Waals surface area contributed by atoms with Gasteiger partial charge in [0.1, 0.15) is 5.82 Å². The molecule has 0 aromatic heterocycles. The number of nitrogens with one attached hydrogen (secondary N) is 1. The lowest BCUT2D eigenvalue weighted by atomic mass is 9.75. The van der Waals surface area contributed by atoms with Gasteiger partial charge < -0.3 is 10.1 Å². The molecule has 24 heavy (non-hydrogen) atoms. The van der Waals surface area contributed by atoms with Gasteiger partial charge in [0, 0.05) is 34.0 Å². The van der Waals surface area contributed by atoms with Gasteiger partial charge >= 0.3 is 5.97 Å². The van der Waals surface area contributed by atoms with E-state index in [0.717, 1.165) is 12.1 Å². The molecule has 4 nitrogen and oxygen atoms in total. The SMILES string of the molecule is COC(=O)C1=C(C)NC2=C(C(=O)CCC2)[C@@H]1c1c(F)cccc1Cl. The lowest BCUT2D eigenvalue weighted by molar-refractivity contribution is -0.136. The van der Waals surface area contributed by atoms with Crippen LogP contribution >= 0.6 is 11.6 Å². The van der Waals surface area contributed by atoms with E-state index in [2.05, 4.69) is 5.32 Å². The molecule has 126 valence electrons. The molecule has 0 saturated carbocycles. The maximum Gasteiger partial charge on any atom is 0.336 e. The third-order valence-electron chi connectivity index (χ3n) is 4.47. The molecule has 0 unspecified atom stereocenters. The molecule has 1 aliphatic carbocycles. The second-order valence-electron chi connectivity index (χ2n) is 5.89. The monoisotopic (exact) mass is 349 g/mol. The number of carbonyl (C=O) groups excluding carboxylic acids is 2. The van der Waals surface area contributed by atoms with Crippen molar-refractivity contribution in [1.82, 2.24) is 5.32 Å². The molecule has 0 spiro atoms. The number of hydrogen-bond donors (Lipinski definition) is 1. The summed E-state index contributed by atoms with van der Waals surface area (Å²) in [6.07, 6.45) is 1.77. The Morgan fingerprint density at radius 3 is 2.79 bits per heavy atom. The summed E-state index contributed by atoms with van der Waals surface area (Å²) in [7, 11) is 1.26. The molecule has 0 saturated heterocycles. The summed E-state index contributed by atoms with van der Waals surface area (Å²) in [5.74, 6) is -2.10. The number of methoxy groups -OCH3 is 1. The third-order valence-corrected chi connectivity index (χ3v) is 4.80. The number of esters is 1. The van der Waals surface area contributed by atoms with Crippen molar-refractivity contribution in [2.75, 3.05) is 7.11 Å². The molecule has 1 heterocycles. The number of benzene rings is 1. The molecule has 1 aromatic rings. The van der Waals surface area contributed by atoms with Crippen LogP contribution in [-0.2, 0) is 14.3 Å². The molecule has 0 radical (unpaired) electrons. The fraction of sp³-hybridized carbons (Fsp3) is 0.333. The molecule has 0 amide bonds. The van der Waals surface area contributed by atoms with Crippen molar-refractivity contribution in [3.63, 3.8) is 0 Å². The smallest absolute Gasteiger partial charge is 0.336 e. The zero-order valence-corrected chi connectivity index (χ0v) is 14.2. The Kier molecular flexibility index (Phi) is 4.45. The molecule has 0 fully saturated rings. The van der Waals surface area contributed by atoms with Crippen molar-refractivity contribution < 1.29 is 18.7 Å². The minimum absolute atomic E-state index is 0.0954. The average molecular weight is 350 g/mol. The number of carbonyl (C=O) groups is 2. The van der Waals surface area contributed by atoms with Crippen LogP contribution in [0.3, 0.4) is 0 Å². The maximum atomic E-state index is 14.6. The molecule has 1 aliphatic heterocycles. The second-order valence-corrected chi connectivity index (χ2v) is 6.30. The first kappa shape index (κ1) is 16.7. The van der Waals surface area contributed by atoms with E-state index in [0.29, 0.717) is 24.1 Å². The molecule has 1 atom stereocenters. The molecule has 0 bridgehead atoms. The van der Waals surface area contributed by atoms with E-state index in [1.54, 1.807) is 13.0 Å². The predicted octanol–water partition coefficient (Wildman–Crippen LogP) is 3.62. The van der Waals surface area contributed by atoms with Crippen LogP contribution in [0.1, 0.15) is 37.7 Å². The van der Waals surface area contributed by atoms with E-state index in [4.69, 9.17) is 16.3 Å². The normalized spacial score (nSPS) is 20.7. The number of halogens is 2. The molecular weight excluding hydrogens is 333 g/mol. The van der Waals surface area contributed by atoms with Gasteiger partial charge in [0.05, 0.1) is 18.6 Å². The van der Waals surface area contributed by atoms with Crippen LogP contribution in [0.25, 0.3) is 0 Å². The fourth-order valence-electron chi connectivity index (χ4n) is 3.44. The van der Waals surface area contributed by atoms with Crippen LogP contribution in [0, 0.1) is 5.82 Å². The van der Waals surface area contributed by atoms with Gasteiger partial charge in [-0.15, -0.1) is 0 Å². The largest absolute Gasteiger partial charge is 0.466 e. The lowest BCUT2D eigenvalue weighted by Gasteiger charge is -2.34. The summed E-state index contributed by atoms with van der Waals surface area (Å²) < 4.78 is 19.4. The van der Waals surface area contributed by atoms with Crippen molar-refractivity contribution >= 4 is 23.4 Å². The van der Waals surface area contributed by atoms with Gasteiger partial charge in [-0.2, -0.15) is 0 Å². The molecule has 1 N–H and O–H groups in total. The number of ketones is 1. The molecule has 2 aliphatic rings. The van der Waals surface area contributed by atoms with Gasteiger partial charge in [0.25, 0.3) is 0 Å². The number of hydrogen-bond acceptors (Lipinski definition) is 4. The van der Waals surface area contributed by atoms with Gasteiger partial charge in [-0.1, -0.05) is 17.7 Å². The first-order valence-corrected chi connectivity index (χ1v) is 8.09. The molecular formula is C18H17ClFNO3. The first-order chi connectivity index (χ1) is 11.5. The van der Waals surface area contributed by atoms with E-state index in [1.807, 2.05) is 0 Å². The van der Waals surface area contributed by atoms with E-state index in [1.165, 1.54) is 19.2 Å². The van der Waals surface area contributed by atoms with Crippen LogP contribution in [0.4, 0.5) is 4.39 Å². The van der Waals surface area contributed by atoms with Crippen LogP contribution in [0.2, 0.25) is 5.02 Å². The van der Waals surface area contributed by atoms with Crippen molar-refractivity contribution in [2.45, 2.75) is 32.1 Å². The van der Waals surface area contributed by atoms with Gasteiger partial charge in [0.15, 0.2) is 5.78 Å². The summed E-state index contributed by atoms with van der Waals surface area (Å²) in [6.45, 7) is 1.72. The maximum absolute atomic E-state index is 14.6. The zero-order chi connectivity index (χ0) is 17.4. The quantitative estimate of drug-likeness (QED) is 0.828. The second kappa shape index (κ2) is 6.40. The van der Waals surface area contributed by atoms with Crippen molar-refractivity contribution in [2.24, 2.45) is 0 Å². The molecule has 1 aromatic carbocycles. The average Bonchev–Trinajstić information content (AvgIpc) is 2.53. The van der Waals surface area contributed by atoms with Crippen LogP contribution in [-0.4, -0.2) is 18.9 Å². The van der Waals surface area contributed by atoms with Crippen molar-refractivity contribution in [1.29, 1.82) is 0 Å². The van der Waals surface area contributed by atoms with Crippen LogP contribution in [0.5, 0.6) is 0 Å². The van der Waals surface area contributed by atoms with Crippen LogP contribution in [0.15, 0.2) is 40.7 Å². The van der Waals surface area contributed by atoms with Gasteiger partial charge in [-0.3, -0.25) is 4.79 Å². The predicted molar refractivity (Wildman–Crippen MR) is 87.9 cm³/mol. The molecule has 3 rings (SSSR count). The molecule has 6 heteroatoms. The van der Waals surface area contributed by atoms with E-state index in [-0.39, 0.29) is 21.9 Å². The minimum atomic E-state index is -0.852. The topological polar surface area (TPSA) is 55.4 Å². The van der Waals surface area contributed by atoms with E-state index < -0.39 is 17.7 Å². The number of ether oxygens (including phenoxy) is 1. The van der Waals surface area contributed by atoms with Crippen LogP contribution < -0.4 is 5.32 Å². The fourth-order valence-corrected chi connectivity index (χ4v) is 3.71. The zero-order valence-electron chi connectivity index (χ0n) is 13.4. The lowest BCUT2D eigenvalue weighted by Crippen LogP contribution is -2.34. The Hall–Kier alpha value is -2.14.